The van der Waals surface area contributed by atoms with Gasteiger partial charge in [0.05, 0.1) is 10.6 Å². The molecule has 1 atom stereocenters. The Balaban J connectivity index is 1.46. The summed E-state index contributed by atoms with van der Waals surface area (Å²) < 4.78 is 28.0. The van der Waals surface area contributed by atoms with Crippen LogP contribution in [0.2, 0.25) is 5.02 Å². The van der Waals surface area contributed by atoms with Crippen molar-refractivity contribution in [3.8, 4) is 0 Å². The average molecular weight is 526 g/mol. The van der Waals surface area contributed by atoms with Crippen LogP contribution in [0, 0.1) is 12.8 Å². The summed E-state index contributed by atoms with van der Waals surface area (Å²) in [4.78, 5) is 15.4. The van der Waals surface area contributed by atoms with Gasteiger partial charge in [0, 0.05) is 30.3 Å². The van der Waals surface area contributed by atoms with Gasteiger partial charge in [0.15, 0.2) is 0 Å². The average Bonchev–Trinajstić information content (AvgIpc) is 2.86. The molecule has 1 N–H and O–H groups in total. The van der Waals surface area contributed by atoms with Crippen LogP contribution in [0.5, 0.6) is 0 Å². The number of hydrogen-bond donors (Lipinski definition) is 1. The minimum Gasteiger partial charge on any atom is -0.371 e. The van der Waals surface area contributed by atoms with Crippen molar-refractivity contribution in [2.24, 2.45) is 5.92 Å². The maximum Gasteiger partial charge on any atom is 0.264 e. The molecular formula is C28H32ClN3O3S. The molecule has 0 radical (unpaired) electrons. The second-order valence-electron chi connectivity index (χ2n) is 9.44. The standard InChI is InChI=1S/C28H32ClN3O3S/c1-21-8-14-27(15-9-21)36(34,35)32(26-7-3-6-24(29)17-26)20-28(33)30-18-23-10-12-25(13-11-23)31-16-4-5-22(2)19-31/h3,6-15,17,22H,4-5,16,18-20H2,1-2H3,(H,30,33). The summed E-state index contributed by atoms with van der Waals surface area (Å²) in [5.74, 6) is 0.288. The summed E-state index contributed by atoms with van der Waals surface area (Å²) >= 11 is 6.13. The molecule has 1 unspecified atom stereocenters. The lowest BCUT2D eigenvalue weighted by Gasteiger charge is -2.32. The molecule has 1 amide bonds. The molecule has 1 saturated heterocycles. The first-order valence-electron chi connectivity index (χ1n) is 12.2. The number of carbonyl (C=O) groups is 1. The second kappa shape index (κ2) is 11.4. The van der Waals surface area contributed by atoms with E-state index in [4.69, 9.17) is 11.6 Å². The SMILES string of the molecule is Cc1ccc(S(=O)(=O)N(CC(=O)NCc2ccc(N3CCCC(C)C3)cc2)c2cccc(Cl)c2)cc1. The van der Waals surface area contributed by atoms with Crippen molar-refractivity contribution in [2.45, 2.75) is 38.1 Å². The van der Waals surface area contributed by atoms with Gasteiger partial charge in [0.2, 0.25) is 5.91 Å². The summed E-state index contributed by atoms with van der Waals surface area (Å²) in [6.07, 6.45) is 2.47. The minimum atomic E-state index is -3.98. The lowest BCUT2D eigenvalue weighted by molar-refractivity contribution is -0.119. The van der Waals surface area contributed by atoms with E-state index in [1.807, 2.05) is 19.1 Å². The molecule has 3 aromatic carbocycles. The number of amides is 1. The summed E-state index contributed by atoms with van der Waals surface area (Å²) in [6.45, 7) is 6.24. The molecule has 8 heteroatoms. The number of sulfonamides is 1. The highest BCUT2D eigenvalue weighted by molar-refractivity contribution is 7.92. The number of nitrogens with zero attached hydrogens (tertiary/aromatic N) is 2. The molecule has 190 valence electrons. The van der Waals surface area contributed by atoms with Crippen molar-refractivity contribution in [3.63, 3.8) is 0 Å². The van der Waals surface area contributed by atoms with E-state index in [0.717, 1.165) is 28.5 Å². The molecule has 1 heterocycles. The zero-order valence-electron chi connectivity index (χ0n) is 20.7. The smallest absolute Gasteiger partial charge is 0.264 e. The fourth-order valence-corrected chi connectivity index (χ4v) is 6.02. The Morgan fingerprint density at radius 3 is 2.47 bits per heavy atom. The summed E-state index contributed by atoms with van der Waals surface area (Å²) in [7, 11) is -3.98. The van der Waals surface area contributed by atoms with Crippen molar-refractivity contribution < 1.29 is 13.2 Å². The van der Waals surface area contributed by atoms with Crippen molar-refractivity contribution >= 4 is 38.9 Å². The van der Waals surface area contributed by atoms with Gasteiger partial charge >= 0.3 is 0 Å². The number of aryl methyl sites for hydroxylation is 1. The van der Waals surface area contributed by atoms with Crippen molar-refractivity contribution in [1.29, 1.82) is 0 Å². The Bertz CT molecular complexity index is 1290. The normalized spacial score (nSPS) is 16.0. The number of halogens is 1. The zero-order chi connectivity index (χ0) is 25.7. The topological polar surface area (TPSA) is 69.7 Å². The Morgan fingerprint density at radius 2 is 1.81 bits per heavy atom. The van der Waals surface area contributed by atoms with Crippen molar-refractivity contribution in [3.05, 3.63) is 88.9 Å². The van der Waals surface area contributed by atoms with Gasteiger partial charge in [0.1, 0.15) is 6.54 Å². The predicted octanol–water partition coefficient (Wildman–Crippen LogP) is 5.40. The molecule has 0 aliphatic carbocycles. The van der Waals surface area contributed by atoms with Crippen LogP contribution in [0.4, 0.5) is 11.4 Å². The van der Waals surface area contributed by atoms with Gasteiger partial charge in [-0.25, -0.2) is 8.42 Å². The van der Waals surface area contributed by atoms with E-state index in [9.17, 15) is 13.2 Å². The van der Waals surface area contributed by atoms with Gasteiger partial charge in [0.25, 0.3) is 10.0 Å². The molecule has 0 saturated carbocycles. The Morgan fingerprint density at radius 1 is 1.08 bits per heavy atom. The van der Waals surface area contributed by atoms with Crippen molar-refractivity contribution in [2.75, 3.05) is 28.8 Å². The maximum atomic E-state index is 13.5. The maximum absolute atomic E-state index is 13.5. The van der Waals surface area contributed by atoms with Crippen LogP contribution in [-0.4, -0.2) is 34.0 Å². The van der Waals surface area contributed by atoms with E-state index in [1.54, 1.807) is 48.5 Å². The van der Waals surface area contributed by atoms with Crippen LogP contribution in [-0.2, 0) is 21.4 Å². The van der Waals surface area contributed by atoms with Crippen LogP contribution in [0.25, 0.3) is 0 Å². The highest BCUT2D eigenvalue weighted by Gasteiger charge is 2.27. The van der Waals surface area contributed by atoms with E-state index < -0.39 is 15.9 Å². The van der Waals surface area contributed by atoms with Crippen LogP contribution in [0.1, 0.15) is 30.9 Å². The summed E-state index contributed by atoms with van der Waals surface area (Å²) in [6, 6.07) is 21.2. The first kappa shape index (κ1) is 26.0. The largest absolute Gasteiger partial charge is 0.371 e. The molecule has 1 fully saturated rings. The molecule has 1 aliphatic rings. The first-order chi connectivity index (χ1) is 17.2. The van der Waals surface area contributed by atoms with E-state index in [1.165, 1.54) is 18.5 Å². The molecule has 4 rings (SSSR count). The Kier molecular flexibility index (Phi) is 8.21. The molecule has 36 heavy (non-hydrogen) atoms. The number of benzene rings is 3. The molecule has 0 bridgehead atoms. The van der Waals surface area contributed by atoms with Crippen LogP contribution in [0.3, 0.4) is 0 Å². The predicted molar refractivity (Wildman–Crippen MR) is 146 cm³/mol. The second-order valence-corrected chi connectivity index (χ2v) is 11.7. The molecule has 6 nitrogen and oxygen atoms in total. The number of rotatable bonds is 8. The first-order valence-corrected chi connectivity index (χ1v) is 14.0. The molecular weight excluding hydrogens is 494 g/mol. The molecule has 0 spiro atoms. The number of hydrogen-bond acceptors (Lipinski definition) is 4. The van der Waals surface area contributed by atoms with Crippen LogP contribution < -0.4 is 14.5 Å². The van der Waals surface area contributed by atoms with Crippen LogP contribution in [0.15, 0.2) is 77.7 Å². The van der Waals surface area contributed by atoms with E-state index in [2.05, 4.69) is 29.3 Å². The van der Waals surface area contributed by atoms with E-state index >= 15 is 0 Å². The minimum absolute atomic E-state index is 0.114. The van der Waals surface area contributed by atoms with Crippen LogP contribution >= 0.6 is 11.6 Å². The summed E-state index contributed by atoms with van der Waals surface area (Å²) in [5, 5.41) is 3.25. The van der Waals surface area contributed by atoms with E-state index in [-0.39, 0.29) is 11.4 Å². The number of piperidine rings is 1. The van der Waals surface area contributed by atoms with E-state index in [0.29, 0.717) is 23.2 Å². The third kappa shape index (κ3) is 6.39. The Hall–Kier alpha value is -3.03. The fourth-order valence-electron chi connectivity index (χ4n) is 4.42. The molecule has 0 aromatic heterocycles. The quantitative estimate of drug-likeness (QED) is 0.427. The third-order valence-electron chi connectivity index (χ3n) is 6.44. The van der Waals surface area contributed by atoms with Crippen molar-refractivity contribution in [1.82, 2.24) is 5.32 Å². The summed E-state index contributed by atoms with van der Waals surface area (Å²) in [5.41, 5.74) is 3.42. The number of carbonyl (C=O) groups excluding carboxylic acids is 1. The van der Waals surface area contributed by atoms with Gasteiger partial charge in [-0.05, 0) is 73.7 Å². The lowest BCUT2D eigenvalue weighted by atomic mass is 9.99. The highest BCUT2D eigenvalue weighted by atomic mass is 35.5. The fraction of sp³-hybridized carbons (Fsp3) is 0.321. The monoisotopic (exact) mass is 525 g/mol. The molecule has 3 aromatic rings. The molecule has 1 aliphatic heterocycles. The zero-order valence-corrected chi connectivity index (χ0v) is 22.2. The number of anilines is 2. The van der Waals surface area contributed by atoms with Gasteiger partial charge in [-0.2, -0.15) is 0 Å². The number of nitrogens with one attached hydrogen (secondary N) is 1. The lowest BCUT2D eigenvalue weighted by Crippen LogP contribution is -2.40. The van der Waals surface area contributed by atoms with Gasteiger partial charge in [-0.3, -0.25) is 9.10 Å². The Labute approximate surface area is 218 Å². The van der Waals surface area contributed by atoms with Gasteiger partial charge < -0.3 is 10.2 Å². The van der Waals surface area contributed by atoms with Gasteiger partial charge in [-0.15, -0.1) is 0 Å². The van der Waals surface area contributed by atoms with Gasteiger partial charge in [-0.1, -0.05) is 54.4 Å². The third-order valence-corrected chi connectivity index (χ3v) is 8.46. The highest BCUT2D eigenvalue weighted by Crippen LogP contribution is 2.26.